The second-order valence-corrected chi connectivity index (χ2v) is 4.20. The smallest absolute Gasteiger partial charge is 0.0622 e. The van der Waals surface area contributed by atoms with Gasteiger partial charge in [-0.25, -0.2) is 0 Å². The van der Waals surface area contributed by atoms with Gasteiger partial charge in [0.15, 0.2) is 0 Å². The average molecular weight is 227 g/mol. The molecule has 3 nitrogen and oxygen atoms in total. The normalized spacial score (nSPS) is 10.6. The number of unbranched alkanes of at least 4 members (excludes halogenated alkanes) is 1. The Morgan fingerprint density at radius 2 is 2.18 bits per heavy atom. The molecule has 0 saturated heterocycles. The van der Waals surface area contributed by atoms with E-state index in [1.165, 1.54) is 16.5 Å². The van der Waals surface area contributed by atoms with E-state index in [2.05, 4.69) is 41.1 Å². The van der Waals surface area contributed by atoms with Crippen LogP contribution >= 0.6 is 0 Å². The van der Waals surface area contributed by atoms with Crippen molar-refractivity contribution < 1.29 is 0 Å². The fraction of sp³-hybridized carbons (Fsp3) is 0.357. The Morgan fingerprint density at radius 3 is 2.94 bits per heavy atom. The lowest BCUT2D eigenvalue weighted by Crippen LogP contribution is -2.02. The van der Waals surface area contributed by atoms with Crippen molar-refractivity contribution in [2.24, 2.45) is 5.73 Å². The van der Waals surface area contributed by atoms with Crippen molar-refractivity contribution in [1.82, 2.24) is 4.57 Å². The molecule has 2 N–H and O–H groups in total. The summed E-state index contributed by atoms with van der Waals surface area (Å²) < 4.78 is 2.21. The van der Waals surface area contributed by atoms with Gasteiger partial charge < -0.3 is 10.3 Å². The Kier molecular flexibility index (Phi) is 3.79. The number of nitrogens with two attached hydrogens (primary N) is 1. The molecule has 0 unspecified atom stereocenters. The van der Waals surface area contributed by atoms with E-state index in [0.29, 0.717) is 13.0 Å². The minimum atomic E-state index is 0.616. The van der Waals surface area contributed by atoms with Crippen molar-refractivity contribution in [3.8, 4) is 6.07 Å². The van der Waals surface area contributed by atoms with Crippen molar-refractivity contribution >= 4 is 10.9 Å². The Bertz CT molecular complexity index is 534. The Morgan fingerprint density at radius 1 is 1.29 bits per heavy atom. The van der Waals surface area contributed by atoms with E-state index in [9.17, 15) is 0 Å². The fourth-order valence-electron chi connectivity index (χ4n) is 2.10. The van der Waals surface area contributed by atoms with Crippen molar-refractivity contribution in [1.29, 1.82) is 5.26 Å². The first-order chi connectivity index (χ1) is 8.35. The first-order valence-electron chi connectivity index (χ1n) is 6.00. The highest BCUT2D eigenvalue weighted by Crippen LogP contribution is 2.18. The molecular weight excluding hydrogens is 210 g/mol. The molecular formula is C14H17N3. The van der Waals surface area contributed by atoms with Crippen molar-refractivity contribution in [3.05, 3.63) is 36.0 Å². The molecule has 0 aliphatic carbocycles. The number of rotatable bonds is 5. The number of nitrogens with zero attached hydrogens (tertiary/aromatic N) is 2. The van der Waals surface area contributed by atoms with Crippen LogP contribution in [0.3, 0.4) is 0 Å². The van der Waals surface area contributed by atoms with Gasteiger partial charge in [-0.2, -0.15) is 5.26 Å². The monoisotopic (exact) mass is 227 g/mol. The average Bonchev–Trinajstić information content (AvgIpc) is 2.73. The number of benzene rings is 1. The first kappa shape index (κ1) is 11.7. The number of fused-ring (bicyclic) bond motifs is 1. The van der Waals surface area contributed by atoms with Crippen LogP contribution in [-0.4, -0.2) is 11.1 Å². The van der Waals surface area contributed by atoms with Crippen LogP contribution in [-0.2, 0) is 13.0 Å². The Hall–Kier alpha value is -1.79. The minimum Gasteiger partial charge on any atom is -0.347 e. The maximum atomic E-state index is 8.53. The van der Waals surface area contributed by atoms with E-state index >= 15 is 0 Å². The van der Waals surface area contributed by atoms with Crippen LogP contribution in [0.15, 0.2) is 30.5 Å². The SMILES string of the molecule is N#CCCCn1ccc2cc(CCN)ccc21. The number of aromatic nitrogens is 1. The molecule has 0 spiro atoms. The molecule has 17 heavy (non-hydrogen) atoms. The lowest BCUT2D eigenvalue weighted by Gasteiger charge is -2.04. The van der Waals surface area contributed by atoms with E-state index in [4.69, 9.17) is 11.0 Å². The van der Waals surface area contributed by atoms with Gasteiger partial charge in [-0.05, 0) is 48.5 Å². The molecule has 2 aromatic rings. The number of hydrogen-bond donors (Lipinski definition) is 1. The summed E-state index contributed by atoms with van der Waals surface area (Å²) in [6, 6.07) is 10.8. The van der Waals surface area contributed by atoms with Gasteiger partial charge in [0.2, 0.25) is 0 Å². The van der Waals surface area contributed by atoms with E-state index < -0.39 is 0 Å². The molecule has 0 aliphatic rings. The molecule has 2 rings (SSSR count). The van der Waals surface area contributed by atoms with Gasteiger partial charge >= 0.3 is 0 Å². The second kappa shape index (κ2) is 5.51. The molecule has 1 aromatic carbocycles. The Balaban J connectivity index is 2.20. The third kappa shape index (κ3) is 2.66. The predicted molar refractivity (Wildman–Crippen MR) is 69.5 cm³/mol. The zero-order valence-electron chi connectivity index (χ0n) is 9.89. The van der Waals surface area contributed by atoms with Crippen LogP contribution in [0.1, 0.15) is 18.4 Å². The van der Waals surface area contributed by atoms with E-state index in [1.807, 2.05) is 0 Å². The number of hydrogen-bond acceptors (Lipinski definition) is 2. The maximum absolute atomic E-state index is 8.53. The summed E-state index contributed by atoms with van der Waals surface area (Å²) in [6.07, 6.45) is 4.54. The zero-order chi connectivity index (χ0) is 12.1. The first-order valence-corrected chi connectivity index (χ1v) is 6.00. The highest BCUT2D eigenvalue weighted by Gasteiger charge is 2.01. The summed E-state index contributed by atoms with van der Waals surface area (Å²) in [5.41, 5.74) is 8.08. The summed E-state index contributed by atoms with van der Waals surface area (Å²) in [4.78, 5) is 0. The number of nitriles is 1. The summed E-state index contributed by atoms with van der Waals surface area (Å²) >= 11 is 0. The van der Waals surface area contributed by atoms with Gasteiger partial charge in [0.1, 0.15) is 0 Å². The van der Waals surface area contributed by atoms with Gasteiger partial charge in [-0.3, -0.25) is 0 Å². The van der Waals surface area contributed by atoms with Crippen LogP contribution in [0.2, 0.25) is 0 Å². The fourth-order valence-corrected chi connectivity index (χ4v) is 2.10. The number of aryl methyl sites for hydroxylation is 1. The van der Waals surface area contributed by atoms with Crippen LogP contribution in [0, 0.1) is 11.3 Å². The molecule has 3 heteroatoms. The molecule has 0 amide bonds. The van der Waals surface area contributed by atoms with Gasteiger partial charge in [-0.1, -0.05) is 6.07 Å². The second-order valence-electron chi connectivity index (χ2n) is 4.20. The summed E-state index contributed by atoms with van der Waals surface area (Å²) in [6.45, 7) is 1.60. The molecule has 0 radical (unpaired) electrons. The third-order valence-electron chi connectivity index (χ3n) is 2.96. The van der Waals surface area contributed by atoms with Crippen LogP contribution < -0.4 is 5.73 Å². The van der Waals surface area contributed by atoms with Crippen molar-refractivity contribution in [2.75, 3.05) is 6.54 Å². The zero-order valence-corrected chi connectivity index (χ0v) is 9.89. The van der Waals surface area contributed by atoms with Gasteiger partial charge in [0.05, 0.1) is 6.07 Å². The van der Waals surface area contributed by atoms with Gasteiger partial charge in [0.25, 0.3) is 0 Å². The van der Waals surface area contributed by atoms with Crippen LogP contribution in [0.25, 0.3) is 10.9 Å². The maximum Gasteiger partial charge on any atom is 0.0622 e. The van der Waals surface area contributed by atoms with Crippen LogP contribution in [0.4, 0.5) is 0 Å². The molecule has 0 fully saturated rings. The summed E-state index contributed by atoms with van der Waals surface area (Å²) in [5, 5.41) is 9.79. The molecule has 0 bridgehead atoms. The van der Waals surface area contributed by atoms with Crippen molar-refractivity contribution in [3.63, 3.8) is 0 Å². The Labute approximate surface area is 101 Å². The topological polar surface area (TPSA) is 54.7 Å². The van der Waals surface area contributed by atoms with E-state index in [1.54, 1.807) is 0 Å². The molecule has 0 atom stereocenters. The van der Waals surface area contributed by atoms with Crippen molar-refractivity contribution in [2.45, 2.75) is 25.8 Å². The molecule has 0 saturated carbocycles. The quantitative estimate of drug-likeness (QED) is 0.798. The summed E-state index contributed by atoms with van der Waals surface area (Å²) in [5.74, 6) is 0. The van der Waals surface area contributed by atoms with Crippen LogP contribution in [0.5, 0.6) is 0 Å². The lowest BCUT2D eigenvalue weighted by atomic mass is 10.1. The largest absolute Gasteiger partial charge is 0.347 e. The third-order valence-corrected chi connectivity index (χ3v) is 2.96. The molecule has 1 aromatic heterocycles. The van der Waals surface area contributed by atoms with Gasteiger partial charge in [-0.15, -0.1) is 0 Å². The molecule has 1 heterocycles. The van der Waals surface area contributed by atoms with E-state index in [-0.39, 0.29) is 0 Å². The molecule has 0 aliphatic heterocycles. The lowest BCUT2D eigenvalue weighted by molar-refractivity contribution is 0.674. The van der Waals surface area contributed by atoms with E-state index in [0.717, 1.165) is 19.4 Å². The standard InChI is InChI=1S/C14H17N3/c15-7-1-2-9-17-10-6-13-11-12(5-8-16)3-4-14(13)17/h3-4,6,10-11H,1-2,5,8-9,16H2. The highest BCUT2D eigenvalue weighted by molar-refractivity contribution is 5.80. The van der Waals surface area contributed by atoms with Gasteiger partial charge in [0, 0.05) is 24.7 Å². The summed E-state index contributed by atoms with van der Waals surface area (Å²) in [7, 11) is 0. The molecule has 88 valence electrons. The minimum absolute atomic E-state index is 0.616. The predicted octanol–water partition coefficient (Wildman–Crippen LogP) is 2.45. The highest BCUT2D eigenvalue weighted by atomic mass is 14.9.